The van der Waals surface area contributed by atoms with Crippen molar-refractivity contribution >= 4 is 28.8 Å². The molecule has 8 heteroatoms. The number of phenolic OH excluding ortho intramolecular Hbond substituents is 1. The molecule has 1 aliphatic heterocycles. The maximum absolute atomic E-state index is 11.3. The van der Waals surface area contributed by atoms with Crippen LogP contribution in [0.25, 0.3) is 5.76 Å². The van der Waals surface area contributed by atoms with Crippen LogP contribution in [0.4, 0.5) is 0 Å². The van der Waals surface area contributed by atoms with Crippen molar-refractivity contribution in [3.05, 3.63) is 191 Å². The number of halogens is 1. The Bertz CT molecular complexity index is 2070. The van der Waals surface area contributed by atoms with Gasteiger partial charge in [-0.1, -0.05) is 121 Å². The van der Waals surface area contributed by atoms with E-state index in [9.17, 15) is 5.11 Å². The quantitative estimate of drug-likeness (QED) is 0.110. The van der Waals surface area contributed by atoms with Crippen molar-refractivity contribution in [3.63, 3.8) is 0 Å². The first kappa shape index (κ1) is 34.0. The topological polar surface area (TPSA) is 75.6 Å². The van der Waals surface area contributed by atoms with Crippen LogP contribution in [-0.2, 0) is 34.2 Å². The zero-order valence-electron chi connectivity index (χ0n) is 27.6. The van der Waals surface area contributed by atoms with Crippen LogP contribution in [0.3, 0.4) is 0 Å². The molecule has 1 atom stereocenters. The lowest BCUT2D eigenvalue weighted by Gasteiger charge is -2.30. The number of rotatable bonds is 14. The summed E-state index contributed by atoms with van der Waals surface area (Å²) in [5.41, 5.74) is 5.13. The third-order valence-electron chi connectivity index (χ3n) is 8.28. The molecule has 6 aromatic carbocycles. The first-order chi connectivity index (χ1) is 25.1. The van der Waals surface area contributed by atoms with Gasteiger partial charge in [-0.25, -0.2) is 0 Å². The van der Waals surface area contributed by atoms with Crippen LogP contribution in [0.1, 0.15) is 39.5 Å². The molecule has 1 unspecified atom stereocenters. The maximum atomic E-state index is 11.3. The molecule has 1 N–H and O–H groups in total. The summed E-state index contributed by atoms with van der Waals surface area (Å²) < 4.78 is 37.9. The number of phenols is 1. The largest absolute Gasteiger partial charge is 0.507 e. The van der Waals surface area contributed by atoms with Crippen molar-refractivity contribution in [2.45, 2.75) is 32.5 Å². The molecule has 0 fully saturated rings. The minimum absolute atomic E-state index is 0.0337. The second kappa shape index (κ2) is 16.5. The van der Waals surface area contributed by atoms with Gasteiger partial charge in [0.15, 0.2) is 29.1 Å². The van der Waals surface area contributed by atoms with Crippen molar-refractivity contribution in [2.75, 3.05) is 0 Å². The Morgan fingerprint density at radius 1 is 0.529 bits per heavy atom. The number of benzene rings is 6. The van der Waals surface area contributed by atoms with Gasteiger partial charge in [-0.3, -0.25) is 3.07 Å². The summed E-state index contributed by atoms with van der Waals surface area (Å²) in [4.78, 5) is 0. The summed E-state index contributed by atoms with van der Waals surface area (Å²) in [6.45, 7) is 1.28. The summed E-state index contributed by atoms with van der Waals surface area (Å²) >= 11 is 1.84. The van der Waals surface area contributed by atoms with E-state index in [1.54, 1.807) is 12.1 Å². The zero-order valence-corrected chi connectivity index (χ0v) is 29.8. The highest BCUT2D eigenvalue weighted by molar-refractivity contribution is 14.1. The first-order valence-electron chi connectivity index (χ1n) is 16.5. The van der Waals surface area contributed by atoms with E-state index in [4.69, 9.17) is 26.8 Å². The molecule has 0 spiro atoms. The van der Waals surface area contributed by atoms with Crippen LogP contribution in [-0.4, -0.2) is 5.11 Å². The summed E-state index contributed by atoms with van der Waals surface area (Å²) in [5, 5.41) is 11.3. The first-order valence-corrected chi connectivity index (χ1v) is 17.4. The van der Waals surface area contributed by atoms with Crippen LogP contribution in [0.15, 0.2) is 157 Å². The van der Waals surface area contributed by atoms with Gasteiger partial charge in [-0.05, 0) is 40.5 Å². The average Bonchev–Trinajstić information content (AvgIpc) is 3.19. The minimum atomic E-state index is -0.793. The zero-order chi connectivity index (χ0) is 34.8. The van der Waals surface area contributed by atoms with E-state index in [-0.39, 0.29) is 12.4 Å². The van der Waals surface area contributed by atoms with Gasteiger partial charge in [0.25, 0.3) is 0 Å². The lowest BCUT2D eigenvalue weighted by Crippen LogP contribution is -2.18. The van der Waals surface area contributed by atoms with Gasteiger partial charge in [-0.2, -0.15) is 0 Å². The third-order valence-corrected chi connectivity index (χ3v) is 8.79. The van der Waals surface area contributed by atoms with Crippen LogP contribution < -0.4 is 18.9 Å². The molecule has 51 heavy (non-hydrogen) atoms. The molecular formula is C43H35IO7. The number of fused-ring (bicyclic) bond motifs is 1. The van der Waals surface area contributed by atoms with E-state index in [1.807, 2.05) is 163 Å². The normalized spacial score (nSPS) is 13.5. The van der Waals surface area contributed by atoms with Gasteiger partial charge in [0.2, 0.25) is 0 Å². The Morgan fingerprint density at radius 3 is 1.55 bits per heavy atom. The fourth-order valence-electron chi connectivity index (χ4n) is 5.68. The Kier molecular flexibility index (Phi) is 11.0. The van der Waals surface area contributed by atoms with Crippen LogP contribution in [0.5, 0.6) is 28.7 Å². The van der Waals surface area contributed by atoms with Gasteiger partial charge in [0.1, 0.15) is 66.7 Å². The summed E-state index contributed by atoms with van der Waals surface area (Å²) in [6, 6.07) is 48.6. The van der Waals surface area contributed by atoms with Crippen molar-refractivity contribution < 1.29 is 31.9 Å². The lowest BCUT2D eigenvalue weighted by molar-refractivity contribution is 0.120. The van der Waals surface area contributed by atoms with Crippen molar-refractivity contribution in [1.82, 2.24) is 0 Å². The van der Waals surface area contributed by atoms with Gasteiger partial charge in [0.05, 0.1) is 5.56 Å². The molecule has 0 aliphatic carbocycles. The fourth-order valence-corrected chi connectivity index (χ4v) is 6.17. The molecule has 0 radical (unpaired) electrons. The van der Waals surface area contributed by atoms with E-state index >= 15 is 0 Å². The lowest BCUT2D eigenvalue weighted by atomic mass is 9.99. The van der Waals surface area contributed by atoms with Crippen molar-refractivity contribution in [3.8, 4) is 28.7 Å². The summed E-state index contributed by atoms with van der Waals surface area (Å²) in [6.07, 6.45) is -0.793. The molecule has 1 aliphatic rings. The number of hydrogen-bond acceptors (Lipinski definition) is 7. The predicted molar refractivity (Wildman–Crippen MR) is 203 cm³/mol. The molecule has 0 saturated heterocycles. The molecular weight excluding hydrogens is 755 g/mol. The Hall–Kier alpha value is -5.45. The molecule has 0 bridgehead atoms. The van der Waals surface area contributed by atoms with Gasteiger partial charge < -0.3 is 28.8 Å². The van der Waals surface area contributed by atoms with Crippen molar-refractivity contribution in [1.29, 1.82) is 0 Å². The molecule has 6 aromatic rings. The molecule has 0 amide bonds. The molecule has 0 saturated carbocycles. The summed E-state index contributed by atoms with van der Waals surface area (Å²) in [5.74, 6) is 2.74. The van der Waals surface area contributed by atoms with Gasteiger partial charge in [-0.15, -0.1) is 0 Å². The third kappa shape index (κ3) is 8.48. The molecule has 7 nitrogen and oxygen atoms in total. The SMILES string of the molecule is Oc1cc(OCc2ccccc2)cc2c1C(OI)C(OCc1ccccc1)=C(c1ccc(OCc3ccccc3)c(OCc3ccccc3)c1)O2. The highest BCUT2D eigenvalue weighted by atomic mass is 127. The van der Waals surface area contributed by atoms with Gasteiger partial charge in [0, 0.05) is 17.7 Å². The average molecular weight is 791 g/mol. The summed E-state index contributed by atoms with van der Waals surface area (Å²) in [7, 11) is 0. The van der Waals surface area contributed by atoms with E-state index in [0.717, 1.165) is 22.3 Å². The molecule has 256 valence electrons. The highest BCUT2D eigenvalue weighted by Gasteiger charge is 2.36. The maximum Gasteiger partial charge on any atom is 0.175 e. The second-order valence-electron chi connectivity index (χ2n) is 11.9. The Labute approximate surface area is 311 Å². The van der Waals surface area contributed by atoms with E-state index < -0.39 is 6.10 Å². The highest BCUT2D eigenvalue weighted by Crippen LogP contribution is 2.50. The Morgan fingerprint density at radius 2 is 1.02 bits per heavy atom. The fraction of sp³-hybridized carbons (Fsp3) is 0.116. The number of ether oxygens (including phenoxy) is 5. The number of aromatic hydroxyl groups is 1. The predicted octanol–water partition coefficient (Wildman–Crippen LogP) is 10.5. The monoisotopic (exact) mass is 790 g/mol. The number of hydrogen-bond donors (Lipinski definition) is 1. The van der Waals surface area contributed by atoms with E-state index in [1.165, 1.54) is 0 Å². The molecule has 0 aromatic heterocycles. The molecule has 1 heterocycles. The van der Waals surface area contributed by atoms with Gasteiger partial charge >= 0.3 is 0 Å². The van der Waals surface area contributed by atoms with Crippen LogP contribution >= 0.6 is 23.0 Å². The van der Waals surface area contributed by atoms with Crippen LogP contribution in [0.2, 0.25) is 0 Å². The smallest absolute Gasteiger partial charge is 0.175 e. The van der Waals surface area contributed by atoms with Crippen molar-refractivity contribution in [2.24, 2.45) is 0 Å². The van der Waals surface area contributed by atoms with E-state index in [2.05, 4.69) is 0 Å². The Balaban J connectivity index is 1.26. The van der Waals surface area contributed by atoms with Crippen LogP contribution in [0, 0.1) is 0 Å². The second-order valence-corrected chi connectivity index (χ2v) is 12.4. The molecule has 7 rings (SSSR count). The van der Waals surface area contributed by atoms with E-state index in [0.29, 0.717) is 65.5 Å². The standard InChI is InChI=1S/C43H35IO7/c44-51-42-40-36(45)24-35(46-26-30-13-5-1-6-14-30)25-39(40)50-41(43(42)49-29-33-19-11-4-12-20-33)34-21-22-37(47-27-31-15-7-2-8-16-31)38(23-34)48-28-32-17-9-3-10-18-32/h1-25,42,45H,26-29H2. The minimum Gasteiger partial charge on any atom is -0.507 e.